The Balaban J connectivity index is 2.09. The van der Waals surface area contributed by atoms with Crippen LogP contribution in [0.1, 0.15) is 31.7 Å². The molecule has 0 saturated heterocycles. The van der Waals surface area contributed by atoms with Crippen LogP contribution >= 0.6 is 0 Å². The Morgan fingerprint density at radius 1 is 1.18 bits per heavy atom. The Bertz CT molecular complexity index is 293. The maximum Gasteiger partial charge on any atom is 0.118 e. The zero-order valence-corrected chi connectivity index (χ0v) is 10.7. The molecule has 1 aromatic carbocycles. The number of methoxy groups -OCH3 is 1. The molecule has 0 bridgehead atoms. The van der Waals surface area contributed by atoms with Crippen LogP contribution in [0.4, 0.5) is 0 Å². The molecule has 0 heterocycles. The van der Waals surface area contributed by atoms with E-state index in [-0.39, 0.29) is 6.10 Å². The van der Waals surface area contributed by atoms with Gasteiger partial charge in [0.15, 0.2) is 0 Å². The van der Waals surface area contributed by atoms with E-state index in [1.165, 1.54) is 0 Å². The van der Waals surface area contributed by atoms with Crippen LogP contribution in [0.3, 0.4) is 0 Å². The fourth-order valence-corrected chi connectivity index (χ4v) is 1.56. The standard InChI is InChI=1S/C14H22O3/c1-12(15)5-3-4-10-17-11-13-6-8-14(16-2)9-7-13/h6-9,12,15H,3-5,10-11H2,1-2H3/t12-/m1/s1. The van der Waals surface area contributed by atoms with E-state index in [1.54, 1.807) is 7.11 Å². The van der Waals surface area contributed by atoms with E-state index < -0.39 is 0 Å². The van der Waals surface area contributed by atoms with Crippen molar-refractivity contribution in [2.75, 3.05) is 13.7 Å². The summed E-state index contributed by atoms with van der Waals surface area (Å²) in [5, 5.41) is 9.08. The number of rotatable bonds is 8. The Hall–Kier alpha value is -1.06. The van der Waals surface area contributed by atoms with Crippen LogP contribution in [0.5, 0.6) is 5.75 Å². The van der Waals surface area contributed by atoms with Gasteiger partial charge in [0.25, 0.3) is 0 Å². The molecule has 0 amide bonds. The summed E-state index contributed by atoms with van der Waals surface area (Å²) in [5.74, 6) is 0.866. The predicted octanol–water partition coefficient (Wildman–Crippen LogP) is 2.76. The highest BCUT2D eigenvalue weighted by atomic mass is 16.5. The zero-order chi connectivity index (χ0) is 12.5. The van der Waals surface area contributed by atoms with Gasteiger partial charge in [-0.1, -0.05) is 12.1 Å². The SMILES string of the molecule is COc1ccc(COCCCC[C@@H](C)O)cc1. The molecular weight excluding hydrogens is 216 g/mol. The number of hydrogen-bond donors (Lipinski definition) is 1. The summed E-state index contributed by atoms with van der Waals surface area (Å²) in [6.45, 7) is 3.20. The number of benzene rings is 1. The molecule has 0 spiro atoms. The van der Waals surface area contributed by atoms with Crippen molar-refractivity contribution in [2.45, 2.75) is 38.9 Å². The molecule has 17 heavy (non-hydrogen) atoms. The molecule has 1 aromatic rings. The number of ether oxygens (including phenoxy) is 2. The van der Waals surface area contributed by atoms with Gasteiger partial charge in [-0.2, -0.15) is 0 Å². The average Bonchev–Trinajstić information content (AvgIpc) is 2.34. The van der Waals surface area contributed by atoms with Gasteiger partial charge in [0.1, 0.15) is 5.75 Å². The lowest BCUT2D eigenvalue weighted by molar-refractivity contribution is 0.111. The molecule has 1 rings (SSSR count). The molecule has 0 radical (unpaired) electrons. The quantitative estimate of drug-likeness (QED) is 0.708. The van der Waals surface area contributed by atoms with Crippen LogP contribution in [0.15, 0.2) is 24.3 Å². The Morgan fingerprint density at radius 2 is 1.88 bits per heavy atom. The highest BCUT2D eigenvalue weighted by molar-refractivity contribution is 5.26. The minimum absolute atomic E-state index is 0.198. The number of hydrogen-bond acceptors (Lipinski definition) is 3. The van der Waals surface area contributed by atoms with Crippen LogP contribution < -0.4 is 4.74 Å². The van der Waals surface area contributed by atoms with Crippen molar-refractivity contribution in [1.82, 2.24) is 0 Å². The van der Waals surface area contributed by atoms with Crippen molar-refractivity contribution in [3.05, 3.63) is 29.8 Å². The second-order valence-corrected chi connectivity index (χ2v) is 4.25. The normalized spacial score (nSPS) is 12.4. The smallest absolute Gasteiger partial charge is 0.118 e. The molecular formula is C14H22O3. The summed E-state index contributed by atoms with van der Waals surface area (Å²) in [4.78, 5) is 0. The second-order valence-electron chi connectivity index (χ2n) is 4.25. The second kappa shape index (κ2) is 8.09. The Kier molecular flexibility index (Phi) is 6.67. The van der Waals surface area contributed by atoms with Gasteiger partial charge in [-0.25, -0.2) is 0 Å². The van der Waals surface area contributed by atoms with Crippen LogP contribution in [-0.4, -0.2) is 24.9 Å². The molecule has 3 heteroatoms. The molecule has 0 aliphatic heterocycles. The molecule has 96 valence electrons. The molecule has 0 aliphatic carbocycles. The first-order chi connectivity index (χ1) is 8.22. The lowest BCUT2D eigenvalue weighted by Gasteiger charge is -2.06. The molecule has 1 N–H and O–H groups in total. The molecule has 0 saturated carbocycles. The van der Waals surface area contributed by atoms with Crippen LogP contribution in [0.25, 0.3) is 0 Å². The van der Waals surface area contributed by atoms with E-state index in [1.807, 2.05) is 31.2 Å². The van der Waals surface area contributed by atoms with Gasteiger partial charge < -0.3 is 14.6 Å². The van der Waals surface area contributed by atoms with Crippen LogP contribution in [0, 0.1) is 0 Å². The Morgan fingerprint density at radius 3 is 2.47 bits per heavy atom. The summed E-state index contributed by atoms with van der Waals surface area (Å²) in [5.41, 5.74) is 1.15. The summed E-state index contributed by atoms with van der Waals surface area (Å²) >= 11 is 0. The van der Waals surface area contributed by atoms with E-state index in [4.69, 9.17) is 14.6 Å². The zero-order valence-electron chi connectivity index (χ0n) is 10.7. The van der Waals surface area contributed by atoms with Crippen LogP contribution in [0.2, 0.25) is 0 Å². The number of unbranched alkanes of at least 4 members (excludes halogenated alkanes) is 1. The van der Waals surface area contributed by atoms with E-state index >= 15 is 0 Å². The van der Waals surface area contributed by atoms with Crippen molar-refractivity contribution in [3.63, 3.8) is 0 Å². The van der Waals surface area contributed by atoms with Gasteiger partial charge in [-0.05, 0) is 43.9 Å². The maximum absolute atomic E-state index is 9.08. The average molecular weight is 238 g/mol. The maximum atomic E-state index is 9.08. The van der Waals surface area contributed by atoms with Gasteiger partial charge in [0, 0.05) is 6.61 Å². The largest absolute Gasteiger partial charge is 0.497 e. The van der Waals surface area contributed by atoms with E-state index in [2.05, 4.69) is 0 Å². The molecule has 1 atom stereocenters. The predicted molar refractivity (Wildman–Crippen MR) is 68.2 cm³/mol. The van der Waals surface area contributed by atoms with Gasteiger partial charge in [0.05, 0.1) is 19.8 Å². The summed E-state index contributed by atoms with van der Waals surface area (Å²) in [6, 6.07) is 7.89. The van der Waals surface area contributed by atoms with E-state index in [0.29, 0.717) is 6.61 Å². The topological polar surface area (TPSA) is 38.7 Å². The van der Waals surface area contributed by atoms with Crippen molar-refractivity contribution < 1.29 is 14.6 Å². The Labute approximate surface area is 103 Å². The highest BCUT2D eigenvalue weighted by Crippen LogP contribution is 2.12. The van der Waals surface area contributed by atoms with Gasteiger partial charge in [0.2, 0.25) is 0 Å². The lowest BCUT2D eigenvalue weighted by atomic mass is 10.2. The molecule has 0 unspecified atom stereocenters. The number of aliphatic hydroxyl groups is 1. The lowest BCUT2D eigenvalue weighted by Crippen LogP contribution is -2.01. The first-order valence-electron chi connectivity index (χ1n) is 6.11. The monoisotopic (exact) mass is 238 g/mol. The van der Waals surface area contributed by atoms with Crippen LogP contribution in [-0.2, 0) is 11.3 Å². The van der Waals surface area contributed by atoms with Crippen molar-refractivity contribution in [1.29, 1.82) is 0 Å². The first-order valence-corrected chi connectivity index (χ1v) is 6.11. The number of aliphatic hydroxyl groups excluding tert-OH is 1. The molecule has 0 aromatic heterocycles. The molecule has 3 nitrogen and oxygen atoms in total. The molecule has 0 fully saturated rings. The van der Waals surface area contributed by atoms with E-state index in [0.717, 1.165) is 37.2 Å². The van der Waals surface area contributed by atoms with Crippen molar-refractivity contribution in [3.8, 4) is 5.75 Å². The first kappa shape index (κ1) is 14.0. The fraction of sp³-hybridized carbons (Fsp3) is 0.571. The third-order valence-corrected chi connectivity index (χ3v) is 2.59. The molecule has 0 aliphatic rings. The van der Waals surface area contributed by atoms with Gasteiger partial charge in [-0.3, -0.25) is 0 Å². The fourth-order valence-electron chi connectivity index (χ4n) is 1.56. The highest BCUT2D eigenvalue weighted by Gasteiger charge is 1.97. The van der Waals surface area contributed by atoms with E-state index in [9.17, 15) is 0 Å². The third-order valence-electron chi connectivity index (χ3n) is 2.59. The minimum Gasteiger partial charge on any atom is -0.497 e. The van der Waals surface area contributed by atoms with Gasteiger partial charge in [-0.15, -0.1) is 0 Å². The van der Waals surface area contributed by atoms with Crippen molar-refractivity contribution >= 4 is 0 Å². The van der Waals surface area contributed by atoms with Gasteiger partial charge >= 0.3 is 0 Å². The summed E-state index contributed by atoms with van der Waals surface area (Å²) in [6.07, 6.45) is 2.67. The third kappa shape index (κ3) is 6.29. The summed E-state index contributed by atoms with van der Waals surface area (Å²) in [7, 11) is 1.66. The summed E-state index contributed by atoms with van der Waals surface area (Å²) < 4.78 is 10.6. The van der Waals surface area contributed by atoms with Crippen molar-refractivity contribution in [2.24, 2.45) is 0 Å². The minimum atomic E-state index is -0.198.